The number of halogens is 7. The van der Waals surface area contributed by atoms with E-state index in [9.17, 15) is 22.4 Å². The molecule has 1 aliphatic carbocycles. The number of benzene rings is 1. The van der Waals surface area contributed by atoms with Crippen LogP contribution in [0.4, 0.5) is 47.9 Å². The van der Waals surface area contributed by atoms with Gasteiger partial charge in [-0.2, -0.15) is 13.2 Å². The third-order valence-corrected chi connectivity index (χ3v) is 10.7. The molecule has 0 bridgehead atoms. The second kappa shape index (κ2) is 14.6. The third kappa shape index (κ3) is 7.63. The maximum Gasteiger partial charge on any atom is 0.490 e. The molecule has 3 fully saturated rings. The first-order chi connectivity index (χ1) is 26.1. The van der Waals surface area contributed by atoms with Crippen LogP contribution in [0, 0.1) is 11.2 Å². The minimum absolute atomic E-state index is 0.171. The standard InChI is InChI=1S/C34H37F4N9O.C2HF3O2/c1-39-27-15-30(44-47-29(17-42-31(27)47)32(48)43-26-14-24(26)36)46-10-4-22-23(12-21(35)13-28(22)46)25-3-2-20(16-41-25)18-45-11-7-33(34(37,38)19-45)5-8-40-9-6-33;3-2(4,5)1(6)7/h2-3,12-13,15-17,24,26,39-40H,4-11,14,18-19H2,1H3,(H,43,48);(H,6,7)/t24-,26+;/m0./s1. The van der Waals surface area contributed by atoms with Crippen molar-refractivity contribution in [1.29, 1.82) is 0 Å². The molecule has 1 spiro atoms. The SMILES string of the molecule is CNc1cc(N2CCc3c(-c4ccc(CN5CCC6(CCNCC6)C(F)(F)C5)cn4)cc(F)cc32)nn2c(C(=O)N[C@@H]3C[C@@H]3F)cnc12.O=C(O)C(F)(F)F. The fourth-order valence-corrected chi connectivity index (χ4v) is 7.59. The lowest BCUT2D eigenvalue weighted by atomic mass is 9.69. The highest BCUT2D eigenvalue weighted by Gasteiger charge is 2.56. The number of anilines is 3. The Morgan fingerprint density at radius 3 is 2.40 bits per heavy atom. The normalized spacial score (nSPS) is 21.5. The topological polar surface area (TPSA) is 140 Å². The van der Waals surface area contributed by atoms with E-state index in [0.717, 1.165) is 11.1 Å². The summed E-state index contributed by atoms with van der Waals surface area (Å²) >= 11 is 0. The van der Waals surface area contributed by atoms with Gasteiger partial charge in [0.25, 0.3) is 11.8 Å². The van der Waals surface area contributed by atoms with E-state index in [1.54, 1.807) is 19.3 Å². The Morgan fingerprint density at radius 2 is 1.78 bits per heavy atom. The van der Waals surface area contributed by atoms with Gasteiger partial charge in [0.15, 0.2) is 17.2 Å². The number of piperidine rings is 2. The number of pyridine rings is 1. The van der Waals surface area contributed by atoms with Crippen molar-refractivity contribution in [2.24, 2.45) is 5.41 Å². The first kappa shape index (κ1) is 38.2. The lowest BCUT2D eigenvalue weighted by Crippen LogP contribution is -2.58. The summed E-state index contributed by atoms with van der Waals surface area (Å²) in [5.41, 5.74) is 3.92. The van der Waals surface area contributed by atoms with Crippen LogP contribution in [-0.4, -0.2) is 106 Å². The van der Waals surface area contributed by atoms with Crippen LogP contribution in [0.1, 0.15) is 47.3 Å². The minimum atomic E-state index is -5.08. The van der Waals surface area contributed by atoms with E-state index in [-0.39, 0.29) is 18.7 Å². The number of carboxylic acids is 1. The van der Waals surface area contributed by atoms with Gasteiger partial charge in [-0.3, -0.25) is 14.7 Å². The summed E-state index contributed by atoms with van der Waals surface area (Å²) in [7, 11) is 1.73. The molecule has 0 unspecified atom stereocenters. The number of carbonyl (C=O) groups is 2. The number of likely N-dealkylation sites (tertiary alicyclic amines) is 1. The van der Waals surface area contributed by atoms with Crippen LogP contribution < -0.4 is 20.9 Å². The van der Waals surface area contributed by atoms with Gasteiger partial charge in [0.1, 0.15) is 12.0 Å². The highest BCUT2D eigenvalue weighted by molar-refractivity contribution is 5.94. The predicted molar refractivity (Wildman–Crippen MR) is 187 cm³/mol. The van der Waals surface area contributed by atoms with Gasteiger partial charge in [0, 0.05) is 55.5 Å². The maximum absolute atomic E-state index is 15.4. The quantitative estimate of drug-likeness (QED) is 0.182. The fourth-order valence-electron chi connectivity index (χ4n) is 7.59. The summed E-state index contributed by atoms with van der Waals surface area (Å²) in [6.45, 7) is 2.51. The zero-order valence-corrected chi connectivity index (χ0v) is 29.6. The second-order valence-electron chi connectivity index (χ2n) is 14.3. The van der Waals surface area contributed by atoms with Gasteiger partial charge in [0.2, 0.25) is 0 Å². The number of aliphatic carboxylic acids is 1. The van der Waals surface area contributed by atoms with E-state index in [4.69, 9.17) is 15.0 Å². The van der Waals surface area contributed by atoms with Crippen LogP contribution in [0.15, 0.2) is 42.7 Å². The average Bonchev–Trinajstić information content (AvgIpc) is 3.46. The number of nitrogens with one attached hydrogen (secondary N) is 3. The Kier molecular flexibility index (Phi) is 10.1. The molecule has 0 radical (unpaired) electrons. The summed E-state index contributed by atoms with van der Waals surface area (Å²) in [4.78, 5) is 34.5. The summed E-state index contributed by atoms with van der Waals surface area (Å²) in [5, 5.41) is 20.8. The first-order valence-electron chi connectivity index (χ1n) is 17.8. The maximum atomic E-state index is 15.4. The lowest BCUT2D eigenvalue weighted by molar-refractivity contribution is -0.192. The summed E-state index contributed by atoms with van der Waals surface area (Å²) in [6, 6.07) is 7.93. The molecule has 19 heteroatoms. The number of aromatic nitrogens is 4. The molecule has 3 aliphatic heterocycles. The molecule has 294 valence electrons. The van der Waals surface area contributed by atoms with Crippen LogP contribution in [0.5, 0.6) is 0 Å². The van der Waals surface area contributed by atoms with E-state index >= 15 is 13.2 Å². The van der Waals surface area contributed by atoms with Gasteiger partial charge in [0.05, 0.1) is 30.2 Å². The number of carboxylic acid groups (broad SMARTS) is 1. The van der Waals surface area contributed by atoms with Crippen molar-refractivity contribution in [3.63, 3.8) is 0 Å². The van der Waals surface area contributed by atoms with E-state index in [2.05, 4.69) is 25.9 Å². The van der Waals surface area contributed by atoms with E-state index in [1.165, 1.54) is 22.8 Å². The number of nitrogens with zero attached hydrogens (tertiary/aromatic N) is 6. The van der Waals surface area contributed by atoms with Crippen LogP contribution in [0.2, 0.25) is 0 Å². The molecule has 55 heavy (non-hydrogen) atoms. The molecule has 1 amide bonds. The fraction of sp³-hybridized carbons (Fsp3) is 0.472. The summed E-state index contributed by atoms with van der Waals surface area (Å²) < 4.78 is 92.6. The first-order valence-corrected chi connectivity index (χ1v) is 17.8. The number of hydrogen-bond acceptors (Lipinski definition) is 9. The van der Waals surface area contributed by atoms with Crippen molar-refractivity contribution in [2.75, 3.05) is 50.0 Å². The molecule has 1 saturated carbocycles. The zero-order chi connectivity index (χ0) is 39.3. The highest BCUT2D eigenvalue weighted by atomic mass is 19.4. The van der Waals surface area contributed by atoms with Crippen molar-refractivity contribution in [3.05, 3.63) is 65.4 Å². The van der Waals surface area contributed by atoms with Crippen molar-refractivity contribution < 1.29 is 45.4 Å². The molecule has 6 heterocycles. The second-order valence-corrected chi connectivity index (χ2v) is 14.3. The molecule has 2 atom stereocenters. The third-order valence-electron chi connectivity index (χ3n) is 10.7. The molecule has 12 nitrogen and oxygen atoms in total. The molecule has 4 N–H and O–H groups in total. The Bertz CT molecular complexity index is 2090. The molecule has 8 rings (SSSR count). The zero-order valence-electron chi connectivity index (χ0n) is 29.6. The minimum Gasteiger partial charge on any atom is -0.475 e. The van der Waals surface area contributed by atoms with Gasteiger partial charge < -0.3 is 26.0 Å². The summed E-state index contributed by atoms with van der Waals surface area (Å²) in [6.07, 6.45) is -0.656. The smallest absolute Gasteiger partial charge is 0.475 e. The Morgan fingerprint density at radius 1 is 1.05 bits per heavy atom. The van der Waals surface area contributed by atoms with Gasteiger partial charge in [-0.25, -0.2) is 31.9 Å². The molecular weight excluding hydrogens is 739 g/mol. The van der Waals surface area contributed by atoms with Crippen LogP contribution in [0.25, 0.3) is 16.9 Å². The molecular formula is C36H38F7N9O3. The van der Waals surface area contributed by atoms with E-state index in [1.807, 2.05) is 21.9 Å². The molecule has 3 aromatic heterocycles. The van der Waals surface area contributed by atoms with Gasteiger partial charge in [-0.15, -0.1) is 5.10 Å². The van der Waals surface area contributed by atoms with Crippen molar-refractivity contribution in [1.82, 2.24) is 35.1 Å². The number of hydrogen-bond donors (Lipinski definition) is 4. The molecule has 1 aromatic carbocycles. The lowest BCUT2D eigenvalue weighted by Gasteiger charge is -2.49. The number of fused-ring (bicyclic) bond motifs is 2. The number of carbonyl (C=O) groups excluding carboxylic acids is 1. The average molecular weight is 778 g/mol. The van der Waals surface area contributed by atoms with Crippen LogP contribution in [-0.2, 0) is 17.8 Å². The number of alkyl halides is 6. The van der Waals surface area contributed by atoms with Crippen LogP contribution in [0.3, 0.4) is 0 Å². The predicted octanol–water partition coefficient (Wildman–Crippen LogP) is 5.35. The molecule has 4 aromatic rings. The molecule has 2 saturated heterocycles. The summed E-state index contributed by atoms with van der Waals surface area (Å²) in [5.74, 6) is -5.93. The largest absolute Gasteiger partial charge is 0.490 e. The van der Waals surface area contributed by atoms with Crippen molar-refractivity contribution in [2.45, 2.75) is 63.0 Å². The van der Waals surface area contributed by atoms with Crippen LogP contribution >= 0.6 is 0 Å². The van der Waals surface area contributed by atoms with E-state index < -0.39 is 47.4 Å². The van der Waals surface area contributed by atoms with Crippen molar-refractivity contribution >= 4 is 34.7 Å². The number of imidazole rings is 1. The number of amides is 1. The highest BCUT2D eigenvalue weighted by Crippen LogP contribution is 2.50. The monoisotopic (exact) mass is 777 g/mol. The Hall–Kier alpha value is -5.04. The Labute approximate surface area is 310 Å². The van der Waals surface area contributed by atoms with Gasteiger partial charge in [-0.05, 0) is 74.6 Å². The number of rotatable bonds is 7. The molecule has 4 aliphatic rings. The van der Waals surface area contributed by atoms with E-state index in [0.29, 0.717) is 92.5 Å². The Balaban J connectivity index is 0.000000609. The van der Waals surface area contributed by atoms with Gasteiger partial charge in [-0.1, -0.05) is 6.07 Å². The van der Waals surface area contributed by atoms with Gasteiger partial charge >= 0.3 is 12.1 Å². The van der Waals surface area contributed by atoms with Crippen molar-refractivity contribution in [3.8, 4) is 11.3 Å².